The second kappa shape index (κ2) is 23.0. The molecule has 0 heterocycles. The van der Waals surface area contributed by atoms with Crippen LogP contribution in [0.3, 0.4) is 0 Å². The molecule has 0 saturated carbocycles. The average molecular weight is 718 g/mol. The summed E-state index contributed by atoms with van der Waals surface area (Å²) in [4.78, 5) is 2.20. The summed E-state index contributed by atoms with van der Waals surface area (Å²) >= 11 is 0. The van der Waals surface area contributed by atoms with E-state index in [2.05, 4.69) is 127 Å². The second-order valence-corrected chi connectivity index (χ2v) is 13.1. The summed E-state index contributed by atoms with van der Waals surface area (Å²) in [6.07, 6.45) is 17.0. The molecule has 0 aromatic heterocycles. The minimum atomic E-state index is -0.0231. The normalized spacial score (nSPS) is 12.8. The number of fused-ring (bicyclic) bond motifs is 3. The van der Waals surface area contributed by atoms with Crippen molar-refractivity contribution in [3.63, 3.8) is 0 Å². The van der Waals surface area contributed by atoms with Crippen LogP contribution in [0.2, 0.25) is 0 Å². The Morgan fingerprint density at radius 1 is 0.611 bits per heavy atom. The van der Waals surface area contributed by atoms with E-state index in [1.165, 1.54) is 39.6 Å². The number of allylic oxidation sites excluding steroid dienone is 7. The van der Waals surface area contributed by atoms with Gasteiger partial charge in [0.25, 0.3) is 0 Å². The van der Waals surface area contributed by atoms with Crippen LogP contribution < -0.4 is 21.1 Å². The average Bonchev–Trinajstić information content (AvgIpc) is 3.44. The van der Waals surface area contributed by atoms with Gasteiger partial charge in [0.2, 0.25) is 0 Å². The largest absolute Gasteiger partial charge is 0.365 e. The summed E-state index contributed by atoms with van der Waals surface area (Å²) in [5.74, 6) is 0. The molecule has 1 aliphatic carbocycles. The molecule has 0 aliphatic heterocycles. The minimum Gasteiger partial charge on any atom is -0.365 e. The van der Waals surface area contributed by atoms with E-state index in [1.54, 1.807) is 6.08 Å². The van der Waals surface area contributed by atoms with Crippen molar-refractivity contribution in [3.05, 3.63) is 198 Å². The molecule has 0 spiro atoms. The van der Waals surface area contributed by atoms with Gasteiger partial charge in [0.1, 0.15) is 6.17 Å². The standard InChI is InChI=1S/C27H26N2.C14H17N3.2C4H8/c1-20-11-13-21(14-12-20)29(18-8-4-7-17-28)22-15-16-24-23-9-5-6-10-25(23)27(2,3)26(24)19-22;1-15-17-14(12-8-4-2-5-9-12)16-13-10-6-3-7-11-13;2*1-3-4-2/h4-19,28H,1-3H3;2-11,14-17H,1H3;2*3-4H,1-2H3/b7-4-,18-8-,28-17?;;2*4-3-. The topological polar surface area (TPSA) is 63.2 Å². The fourth-order valence-corrected chi connectivity index (χ4v) is 5.82. The van der Waals surface area contributed by atoms with Gasteiger partial charge in [-0.1, -0.05) is 141 Å². The Labute approximate surface area is 325 Å². The molecule has 0 bridgehead atoms. The molecule has 5 nitrogen and oxygen atoms in total. The SMILES string of the molecule is C/C=C\C.C/C=C\C.CNNC(Nc1ccccc1)c1ccccc1.Cc1ccc(N(/C=C\C=C/C=N)c2ccc3c(c2)C(C)(C)c2ccccc2-3)cc1. The maximum atomic E-state index is 7.17. The highest BCUT2D eigenvalue weighted by Crippen LogP contribution is 2.49. The maximum Gasteiger partial charge on any atom is 0.116 e. The van der Waals surface area contributed by atoms with Gasteiger partial charge < -0.3 is 15.6 Å². The molecular formula is C49H59N5. The van der Waals surface area contributed by atoms with Crippen LogP contribution in [0.25, 0.3) is 11.1 Å². The Bertz CT molecular complexity index is 1920. The molecule has 1 aliphatic rings. The van der Waals surface area contributed by atoms with E-state index in [1.807, 2.05) is 120 Å². The van der Waals surface area contributed by atoms with E-state index < -0.39 is 0 Å². The number of nitrogens with zero attached hydrogens (tertiary/aromatic N) is 1. The van der Waals surface area contributed by atoms with E-state index in [9.17, 15) is 0 Å². The molecule has 1 atom stereocenters. The third-order valence-electron chi connectivity index (χ3n) is 8.88. The van der Waals surface area contributed by atoms with Crippen molar-refractivity contribution in [1.29, 1.82) is 5.41 Å². The number of nitrogens with one attached hydrogen (secondary N) is 4. The van der Waals surface area contributed by atoms with Gasteiger partial charge in [-0.3, -0.25) is 5.43 Å². The first kappa shape index (κ1) is 42.7. The molecular weight excluding hydrogens is 659 g/mol. The predicted molar refractivity (Wildman–Crippen MR) is 237 cm³/mol. The molecule has 280 valence electrons. The molecule has 0 radical (unpaired) electrons. The van der Waals surface area contributed by atoms with Crippen molar-refractivity contribution in [1.82, 2.24) is 10.9 Å². The number of hydrazine groups is 1. The summed E-state index contributed by atoms with van der Waals surface area (Å²) in [5.41, 5.74) is 17.3. The highest BCUT2D eigenvalue weighted by molar-refractivity contribution is 5.83. The zero-order valence-corrected chi connectivity index (χ0v) is 33.3. The molecule has 0 saturated heterocycles. The van der Waals surface area contributed by atoms with Gasteiger partial charge in [0, 0.05) is 34.9 Å². The van der Waals surface area contributed by atoms with Crippen molar-refractivity contribution in [3.8, 4) is 11.1 Å². The van der Waals surface area contributed by atoms with E-state index in [0.717, 1.165) is 17.1 Å². The fraction of sp³-hybridized carbons (Fsp3) is 0.204. The van der Waals surface area contributed by atoms with Gasteiger partial charge in [-0.05, 0) is 118 Å². The van der Waals surface area contributed by atoms with Gasteiger partial charge in [0.05, 0.1) is 0 Å². The zero-order valence-electron chi connectivity index (χ0n) is 33.3. The van der Waals surface area contributed by atoms with Crippen LogP contribution in [0, 0.1) is 12.3 Å². The van der Waals surface area contributed by atoms with E-state index in [4.69, 9.17) is 5.41 Å². The first-order valence-electron chi connectivity index (χ1n) is 18.6. The van der Waals surface area contributed by atoms with Crippen molar-refractivity contribution in [2.75, 3.05) is 17.3 Å². The van der Waals surface area contributed by atoms with Gasteiger partial charge >= 0.3 is 0 Å². The number of hydrogen-bond acceptors (Lipinski definition) is 5. The number of benzene rings is 5. The molecule has 5 heteroatoms. The Kier molecular flexibility index (Phi) is 18.2. The Morgan fingerprint density at radius 2 is 1.17 bits per heavy atom. The van der Waals surface area contributed by atoms with Crippen molar-refractivity contribution in [2.45, 2.75) is 60.0 Å². The fourth-order valence-electron chi connectivity index (χ4n) is 5.82. The van der Waals surface area contributed by atoms with Crippen LogP contribution in [0.4, 0.5) is 17.1 Å². The van der Waals surface area contributed by atoms with Crippen molar-refractivity contribution >= 4 is 23.3 Å². The number of para-hydroxylation sites is 1. The summed E-state index contributed by atoms with van der Waals surface area (Å²) in [7, 11) is 1.86. The zero-order chi connectivity index (χ0) is 39.2. The Balaban J connectivity index is 0.000000264. The van der Waals surface area contributed by atoms with E-state index in [0.29, 0.717) is 0 Å². The lowest BCUT2D eigenvalue weighted by Gasteiger charge is -2.25. The van der Waals surface area contributed by atoms with Crippen LogP contribution in [0.15, 0.2) is 176 Å². The lowest BCUT2D eigenvalue weighted by atomic mass is 9.82. The third-order valence-corrected chi connectivity index (χ3v) is 8.88. The number of hydrogen-bond donors (Lipinski definition) is 4. The van der Waals surface area contributed by atoms with Crippen molar-refractivity contribution < 1.29 is 0 Å². The van der Waals surface area contributed by atoms with Gasteiger partial charge in [-0.2, -0.15) is 0 Å². The molecule has 5 aromatic carbocycles. The van der Waals surface area contributed by atoms with Gasteiger partial charge in [0.15, 0.2) is 0 Å². The monoisotopic (exact) mass is 717 g/mol. The summed E-state index contributed by atoms with van der Waals surface area (Å²) in [6.45, 7) is 14.7. The Morgan fingerprint density at radius 3 is 1.76 bits per heavy atom. The van der Waals surface area contributed by atoms with Gasteiger partial charge in [-0.25, -0.2) is 5.43 Å². The lowest BCUT2D eigenvalue weighted by Crippen LogP contribution is -2.36. The predicted octanol–water partition coefficient (Wildman–Crippen LogP) is 12.8. The summed E-state index contributed by atoms with van der Waals surface area (Å²) in [5, 5.41) is 10.6. The van der Waals surface area contributed by atoms with Crippen LogP contribution in [0.5, 0.6) is 0 Å². The molecule has 4 N–H and O–H groups in total. The molecule has 0 amide bonds. The third kappa shape index (κ3) is 12.4. The molecule has 5 aromatic rings. The first-order chi connectivity index (χ1) is 26.2. The molecule has 1 unspecified atom stereocenters. The summed E-state index contributed by atoms with van der Waals surface area (Å²) < 4.78 is 0. The van der Waals surface area contributed by atoms with E-state index >= 15 is 0 Å². The van der Waals surface area contributed by atoms with Crippen LogP contribution in [0.1, 0.15) is 70.0 Å². The smallest absolute Gasteiger partial charge is 0.116 e. The highest BCUT2D eigenvalue weighted by Gasteiger charge is 2.35. The van der Waals surface area contributed by atoms with Gasteiger partial charge in [-0.15, -0.1) is 0 Å². The summed E-state index contributed by atoms with van der Waals surface area (Å²) in [6, 6.07) is 44.5. The quantitative estimate of drug-likeness (QED) is 0.0382. The number of rotatable bonds is 10. The lowest BCUT2D eigenvalue weighted by molar-refractivity contribution is 0.515. The number of anilines is 3. The number of aryl methyl sites for hydroxylation is 1. The minimum absolute atomic E-state index is 0.0231. The highest BCUT2D eigenvalue weighted by atomic mass is 15.4. The van der Waals surface area contributed by atoms with E-state index in [-0.39, 0.29) is 11.6 Å². The van der Waals surface area contributed by atoms with Crippen LogP contribution in [-0.4, -0.2) is 13.3 Å². The van der Waals surface area contributed by atoms with Crippen LogP contribution in [-0.2, 0) is 5.41 Å². The first-order valence-corrected chi connectivity index (χ1v) is 18.6. The Hall–Kier alpha value is -5.75. The molecule has 0 fully saturated rings. The molecule has 54 heavy (non-hydrogen) atoms. The van der Waals surface area contributed by atoms with Crippen LogP contribution >= 0.6 is 0 Å². The molecule has 6 rings (SSSR count). The van der Waals surface area contributed by atoms with Crippen molar-refractivity contribution in [2.24, 2.45) is 0 Å². The maximum absolute atomic E-state index is 7.17. The second-order valence-electron chi connectivity index (χ2n) is 13.1.